The van der Waals surface area contributed by atoms with Crippen LogP contribution in [0.4, 0.5) is 4.79 Å². The summed E-state index contributed by atoms with van der Waals surface area (Å²) in [5, 5.41) is 9.62. The van der Waals surface area contributed by atoms with Gasteiger partial charge in [0, 0.05) is 26.2 Å². The van der Waals surface area contributed by atoms with Gasteiger partial charge in [-0.1, -0.05) is 11.6 Å². The Labute approximate surface area is 192 Å². The van der Waals surface area contributed by atoms with Gasteiger partial charge in [-0.15, -0.1) is 0 Å². The summed E-state index contributed by atoms with van der Waals surface area (Å²) in [7, 11) is 0. The number of hydrogen-bond donors (Lipinski definition) is 1. The summed E-state index contributed by atoms with van der Waals surface area (Å²) in [5.74, 6) is 0.564. The molecule has 4 atom stereocenters. The largest absolute Gasteiger partial charge is 0.446 e. The zero-order valence-electron chi connectivity index (χ0n) is 19.9. The van der Waals surface area contributed by atoms with Crippen LogP contribution in [-0.2, 0) is 14.2 Å². The number of nitrogens with zero attached hydrogens (tertiary/aromatic N) is 2. The summed E-state index contributed by atoms with van der Waals surface area (Å²) >= 11 is 0. The molecule has 0 bridgehead atoms. The third-order valence-corrected chi connectivity index (χ3v) is 8.38. The van der Waals surface area contributed by atoms with Gasteiger partial charge in [0.25, 0.3) is 0 Å². The van der Waals surface area contributed by atoms with Crippen LogP contribution in [0, 0.1) is 5.92 Å². The van der Waals surface area contributed by atoms with Crippen LogP contribution in [0.25, 0.3) is 0 Å². The molecule has 1 saturated carbocycles. The van der Waals surface area contributed by atoms with E-state index < -0.39 is 0 Å². The molecular weight excluding hydrogens is 408 g/mol. The van der Waals surface area contributed by atoms with E-state index in [9.17, 15) is 9.90 Å². The van der Waals surface area contributed by atoms with Crippen LogP contribution in [0.2, 0.25) is 0 Å². The quantitative estimate of drug-likeness (QED) is 0.476. The minimum absolute atomic E-state index is 0.0116. The minimum Gasteiger partial charge on any atom is -0.446 e. The van der Waals surface area contributed by atoms with Crippen molar-refractivity contribution in [3.05, 3.63) is 11.6 Å². The monoisotopic (exact) mass is 448 g/mol. The highest BCUT2D eigenvalue weighted by Crippen LogP contribution is 2.60. The Morgan fingerprint density at radius 2 is 1.91 bits per heavy atom. The van der Waals surface area contributed by atoms with Gasteiger partial charge in [-0.3, -0.25) is 0 Å². The van der Waals surface area contributed by atoms with Crippen LogP contribution in [0.1, 0.15) is 65.7 Å². The second-order valence-corrected chi connectivity index (χ2v) is 11.3. The van der Waals surface area contributed by atoms with Gasteiger partial charge < -0.3 is 29.1 Å². The number of hydrogen-bond acceptors (Lipinski definition) is 6. The Morgan fingerprint density at radius 3 is 2.56 bits per heavy atom. The smallest absolute Gasteiger partial charge is 0.410 e. The number of aliphatic hydroxyl groups is 1. The molecule has 4 heterocycles. The molecule has 0 radical (unpaired) electrons. The van der Waals surface area contributed by atoms with Crippen LogP contribution >= 0.6 is 0 Å². The highest BCUT2D eigenvalue weighted by atomic mass is 16.7. The first-order valence-electron chi connectivity index (χ1n) is 12.6. The molecule has 1 aliphatic carbocycles. The van der Waals surface area contributed by atoms with E-state index in [-0.39, 0.29) is 41.7 Å². The lowest BCUT2D eigenvalue weighted by Gasteiger charge is -2.40. The molecule has 180 valence electrons. The summed E-state index contributed by atoms with van der Waals surface area (Å²) in [6.45, 7) is 10.9. The number of β-amino-alcohol motifs (C(OH)–C–C–N with tert-alkyl or cyclic N) is 1. The summed E-state index contributed by atoms with van der Waals surface area (Å²) in [5.41, 5.74) is 1.13. The zero-order valence-corrected chi connectivity index (χ0v) is 19.9. The number of rotatable bonds is 7. The Hall–Kier alpha value is -1.15. The predicted octanol–water partition coefficient (Wildman–Crippen LogP) is 3.11. The second-order valence-electron chi connectivity index (χ2n) is 11.3. The maximum Gasteiger partial charge on any atom is 0.410 e. The van der Waals surface area contributed by atoms with Crippen LogP contribution in [-0.4, -0.2) is 89.3 Å². The number of likely N-dealkylation sites (tertiary alicyclic amines) is 2. The summed E-state index contributed by atoms with van der Waals surface area (Å²) in [6, 6.07) is 0. The van der Waals surface area contributed by atoms with Crippen molar-refractivity contribution in [2.24, 2.45) is 5.92 Å². The molecule has 1 N–H and O–H groups in total. The fourth-order valence-electron chi connectivity index (χ4n) is 6.04. The van der Waals surface area contributed by atoms with Crippen LogP contribution in [0.15, 0.2) is 11.6 Å². The van der Waals surface area contributed by atoms with Crippen molar-refractivity contribution in [3.63, 3.8) is 0 Å². The average Bonchev–Trinajstić information content (AvgIpc) is 3.55. The molecule has 5 rings (SSSR count). The van der Waals surface area contributed by atoms with E-state index in [4.69, 9.17) is 14.2 Å². The number of epoxide rings is 2. The molecular formula is C25H40N2O5. The Bertz CT molecular complexity index is 739. The standard InChI is InChI=1S/C25H40N2O5/c1-17(2)4-5-21-24(3,31-21)22-25(32-22)10-6-20(7-11-25)30-23(29)27-14-18(15-27)8-12-26-13-9-19(28)16-26/h4,18-22,28H,5-16H2,1-3H3/t19-,20?,21+,22?,24+,25?/m0/s1. The topological polar surface area (TPSA) is 78.1 Å². The van der Waals surface area contributed by atoms with Gasteiger partial charge in [-0.05, 0) is 78.2 Å². The SMILES string of the molecule is CC(C)=CC[C@H]1O[C@@]1(C)C1OC12CCC(OC(=O)N1CC(CCN3CC[C@H](O)C3)C1)CC2. The fourth-order valence-corrected chi connectivity index (χ4v) is 6.04. The average molecular weight is 449 g/mol. The second kappa shape index (κ2) is 8.57. The van der Waals surface area contributed by atoms with Crippen molar-refractivity contribution >= 4 is 6.09 Å². The molecule has 1 spiro atoms. The minimum atomic E-state index is -0.155. The van der Waals surface area contributed by atoms with E-state index in [0.29, 0.717) is 5.92 Å². The summed E-state index contributed by atoms with van der Waals surface area (Å²) < 4.78 is 18.1. The zero-order chi connectivity index (χ0) is 22.5. The molecule has 32 heavy (non-hydrogen) atoms. The third-order valence-electron chi connectivity index (χ3n) is 8.38. The van der Waals surface area contributed by atoms with Crippen molar-refractivity contribution in [1.82, 2.24) is 9.80 Å². The molecule has 7 nitrogen and oxygen atoms in total. The maximum atomic E-state index is 12.5. The number of amides is 1. The Morgan fingerprint density at radius 1 is 1.16 bits per heavy atom. The predicted molar refractivity (Wildman–Crippen MR) is 120 cm³/mol. The van der Waals surface area contributed by atoms with Crippen molar-refractivity contribution in [1.29, 1.82) is 0 Å². The first-order chi connectivity index (χ1) is 15.3. The van der Waals surface area contributed by atoms with Crippen molar-refractivity contribution in [2.75, 3.05) is 32.7 Å². The van der Waals surface area contributed by atoms with E-state index in [1.54, 1.807) is 0 Å². The molecule has 0 aromatic heterocycles. The number of aliphatic hydroxyl groups excluding tert-OH is 1. The third kappa shape index (κ3) is 4.59. The summed E-state index contributed by atoms with van der Waals surface area (Å²) in [4.78, 5) is 16.7. The van der Waals surface area contributed by atoms with E-state index >= 15 is 0 Å². The number of ether oxygens (including phenoxy) is 3. The molecule has 1 amide bonds. The maximum absolute atomic E-state index is 12.5. The lowest BCUT2D eigenvalue weighted by molar-refractivity contribution is 0.00515. The van der Waals surface area contributed by atoms with Gasteiger partial charge in [0.15, 0.2) is 0 Å². The van der Waals surface area contributed by atoms with Crippen molar-refractivity contribution in [3.8, 4) is 0 Å². The lowest BCUT2D eigenvalue weighted by atomic mass is 9.80. The van der Waals surface area contributed by atoms with Crippen molar-refractivity contribution < 1.29 is 24.1 Å². The molecule has 0 aromatic rings. The fraction of sp³-hybridized carbons (Fsp3) is 0.880. The Balaban J connectivity index is 0.985. The van der Waals surface area contributed by atoms with E-state index in [1.165, 1.54) is 5.57 Å². The van der Waals surface area contributed by atoms with Gasteiger partial charge in [-0.25, -0.2) is 4.79 Å². The first-order valence-corrected chi connectivity index (χ1v) is 12.6. The highest BCUT2D eigenvalue weighted by Gasteiger charge is 2.73. The first kappa shape index (κ1) is 22.6. The lowest BCUT2D eigenvalue weighted by Crippen LogP contribution is -2.51. The highest BCUT2D eigenvalue weighted by molar-refractivity contribution is 5.68. The molecule has 1 unspecified atom stereocenters. The van der Waals surface area contributed by atoms with E-state index in [2.05, 4.69) is 31.7 Å². The van der Waals surface area contributed by atoms with Crippen LogP contribution < -0.4 is 0 Å². The van der Waals surface area contributed by atoms with Gasteiger partial charge in [0.2, 0.25) is 0 Å². The number of carbonyl (C=O) groups is 1. The van der Waals surface area contributed by atoms with Crippen LogP contribution in [0.3, 0.4) is 0 Å². The van der Waals surface area contributed by atoms with E-state index in [0.717, 1.165) is 77.7 Å². The Kier molecular flexibility index (Phi) is 6.06. The number of allylic oxidation sites excluding steroid dienone is 1. The summed E-state index contributed by atoms with van der Waals surface area (Å²) in [6.07, 6.45) is 9.03. The van der Waals surface area contributed by atoms with Gasteiger partial charge in [0.1, 0.15) is 17.8 Å². The normalized spacial score (nSPS) is 41.4. The molecule has 7 heteroatoms. The molecule has 5 fully saturated rings. The number of carbonyl (C=O) groups excluding carboxylic acids is 1. The molecule has 5 aliphatic rings. The molecule has 4 aliphatic heterocycles. The van der Waals surface area contributed by atoms with E-state index in [1.807, 2.05) is 4.90 Å². The van der Waals surface area contributed by atoms with Gasteiger partial charge >= 0.3 is 6.09 Å². The van der Waals surface area contributed by atoms with Crippen molar-refractivity contribution in [2.45, 2.75) is 101 Å². The molecule has 0 aromatic carbocycles. The molecule has 4 saturated heterocycles. The van der Waals surface area contributed by atoms with Gasteiger partial charge in [-0.2, -0.15) is 0 Å². The van der Waals surface area contributed by atoms with Crippen LogP contribution in [0.5, 0.6) is 0 Å². The van der Waals surface area contributed by atoms with Gasteiger partial charge in [0.05, 0.1) is 17.8 Å².